The highest BCUT2D eigenvalue weighted by atomic mass is 16.5. The molecule has 0 radical (unpaired) electrons. The number of amides is 1. The summed E-state index contributed by atoms with van der Waals surface area (Å²) in [4.78, 5) is 21.1. The molecule has 0 aliphatic carbocycles. The third kappa shape index (κ3) is 4.42. The van der Waals surface area contributed by atoms with Gasteiger partial charge in [-0.3, -0.25) is 4.79 Å². The molecule has 0 saturated heterocycles. The maximum Gasteiger partial charge on any atom is 0.255 e. The summed E-state index contributed by atoms with van der Waals surface area (Å²) < 4.78 is 12.2. The van der Waals surface area contributed by atoms with Crippen molar-refractivity contribution in [2.24, 2.45) is 4.99 Å². The van der Waals surface area contributed by atoms with Crippen molar-refractivity contribution in [3.63, 3.8) is 0 Å². The number of aliphatic hydroxyl groups excluding tert-OH is 1. The standard InChI is InChI=1S/C29H30N2O4/c1-2-31-20-23-11-6-7-12-25(23)26-29(28(31)33,19-21-9-4-3-5-10-21)30-27(35-26)22-13-15-24(16-14-22)34-18-8-17-32/h3-7,9-16,26,32H,2,8,17-20H2,1H3/t26-,29-/m0/s1. The molecule has 2 aliphatic rings. The molecule has 3 aromatic rings. The minimum Gasteiger partial charge on any atom is -0.494 e. The van der Waals surface area contributed by atoms with Crippen molar-refractivity contribution >= 4 is 11.8 Å². The number of fused-ring (bicyclic) bond motifs is 3. The van der Waals surface area contributed by atoms with E-state index in [9.17, 15) is 4.79 Å². The Morgan fingerprint density at radius 2 is 1.80 bits per heavy atom. The van der Waals surface area contributed by atoms with Gasteiger partial charge in [-0.25, -0.2) is 4.99 Å². The molecular formula is C29H30N2O4. The van der Waals surface area contributed by atoms with Gasteiger partial charge in [0.25, 0.3) is 5.91 Å². The van der Waals surface area contributed by atoms with Crippen LogP contribution in [0.15, 0.2) is 83.9 Å². The lowest BCUT2D eigenvalue weighted by molar-refractivity contribution is -0.139. The van der Waals surface area contributed by atoms with Crippen LogP contribution >= 0.6 is 0 Å². The van der Waals surface area contributed by atoms with Crippen molar-refractivity contribution in [2.45, 2.75) is 38.0 Å². The average Bonchev–Trinajstić information content (AvgIpc) is 3.24. The SMILES string of the molecule is CCN1Cc2ccccc2[C@@H]2OC(c3ccc(OCCCO)cc3)=N[C@]2(Cc2ccccc2)C1=O. The van der Waals surface area contributed by atoms with Gasteiger partial charge in [-0.05, 0) is 42.3 Å². The first-order chi connectivity index (χ1) is 17.1. The fourth-order valence-electron chi connectivity index (χ4n) is 4.89. The number of hydrogen-bond acceptors (Lipinski definition) is 5. The largest absolute Gasteiger partial charge is 0.494 e. The first-order valence-electron chi connectivity index (χ1n) is 12.2. The lowest BCUT2D eigenvalue weighted by atomic mass is 9.82. The molecule has 0 fully saturated rings. The van der Waals surface area contributed by atoms with Gasteiger partial charge in [-0.1, -0.05) is 54.6 Å². The number of hydrogen-bond donors (Lipinski definition) is 1. The predicted molar refractivity (Wildman–Crippen MR) is 134 cm³/mol. The molecule has 0 aromatic heterocycles. The van der Waals surface area contributed by atoms with E-state index < -0.39 is 11.6 Å². The minimum absolute atomic E-state index is 0.0102. The number of aliphatic hydroxyl groups is 1. The molecule has 0 spiro atoms. The summed E-state index contributed by atoms with van der Waals surface area (Å²) in [5.74, 6) is 1.17. The third-order valence-corrected chi connectivity index (χ3v) is 6.69. The van der Waals surface area contributed by atoms with Gasteiger partial charge < -0.3 is 19.5 Å². The van der Waals surface area contributed by atoms with E-state index in [-0.39, 0.29) is 12.5 Å². The predicted octanol–water partition coefficient (Wildman–Crippen LogP) is 4.31. The van der Waals surface area contributed by atoms with Crippen LogP contribution in [-0.2, 0) is 22.5 Å². The van der Waals surface area contributed by atoms with Crippen LogP contribution in [0.5, 0.6) is 5.75 Å². The zero-order chi connectivity index (χ0) is 24.3. The second-order valence-corrected chi connectivity index (χ2v) is 8.97. The van der Waals surface area contributed by atoms with Gasteiger partial charge in [0.15, 0.2) is 11.6 Å². The monoisotopic (exact) mass is 470 g/mol. The Morgan fingerprint density at radius 1 is 1.06 bits per heavy atom. The summed E-state index contributed by atoms with van der Waals surface area (Å²) in [5.41, 5.74) is 2.85. The summed E-state index contributed by atoms with van der Waals surface area (Å²) in [6, 6.07) is 25.7. The maximum absolute atomic E-state index is 14.1. The van der Waals surface area contributed by atoms with Gasteiger partial charge in [-0.2, -0.15) is 0 Å². The van der Waals surface area contributed by atoms with E-state index >= 15 is 0 Å². The number of carbonyl (C=O) groups excluding carboxylic acids is 1. The molecule has 2 heterocycles. The van der Waals surface area contributed by atoms with Crippen LogP contribution in [0.1, 0.15) is 41.7 Å². The minimum atomic E-state index is -1.09. The van der Waals surface area contributed by atoms with E-state index in [1.807, 2.05) is 78.6 Å². The molecule has 3 aromatic carbocycles. The second kappa shape index (κ2) is 9.92. The van der Waals surface area contributed by atoms with Gasteiger partial charge in [0.05, 0.1) is 6.61 Å². The molecule has 6 heteroatoms. The average molecular weight is 471 g/mol. The molecule has 180 valence electrons. The van der Waals surface area contributed by atoms with Crippen molar-refractivity contribution in [1.82, 2.24) is 4.90 Å². The van der Waals surface area contributed by atoms with Crippen LogP contribution in [0.25, 0.3) is 0 Å². The number of ether oxygens (including phenoxy) is 2. The number of carbonyl (C=O) groups is 1. The Morgan fingerprint density at radius 3 is 2.54 bits per heavy atom. The lowest BCUT2D eigenvalue weighted by Crippen LogP contribution is -2.49. The molecular weight excluding hydrogens is 440 g/mol. The van der Waals surface area contributed by atoms with Crippen LogP contribution < -0.4 is 4.74 Å². The van der Waals surface area contributed by atoms with Crippen molar-refractivity contribution < 1.29 is 19.4 Å². The van der Waals surface area contributed by atoms with Gasteiger partial charge in [0, 0.05) is 43.7 Å². The topological polar surface area (TPSA) is 71.4 Å². The normalized spacial score (nSPS) is 21.0. The molecule has 1 N–H and O–H groups in total. The van der Waals surface area contributed by atoms with Crippen LogP contribution in [0.2, 0.25) is 0 Å². The summed E-state index contributed by atoms with van der Waals surface area (Å²) in [6.45, 7) is 3.70. The van der Waals surface area contributed by atoms with E-state index in [0.29, 0.717) is 44.2 Å². The Labute approximate surface area is 205 Å². The summed E-state index contributed by atoms with van der Waals surface area (Å²) in [7, 11) is 0. The molecule has 0 saturated carbocycles. The Balaban J connectivity index is 1.58. The first kappa shape index (κ1) is 23.1. The zero-order valence-corrected chi connectivity index (χ0v) is 19.9. The Bertz CT molecular complexity index is 1210. The highest BCUT2D eigenvalue weighted by Gasteiger charge is 2.56. The Hall–Kier alpha value is -3.64. The van der Waals surface area contributed by atoms with E-state index in [1.165, 1.54) is 0 Å². The summed E-state index contributed by atoms with van der Waals surface area (Å²) in [5, 5.41) is 8.97. The molecule has 0 unspecified atom stereocenters. The fraction of sp³-hybridized carbons (Fsp3) is 0.310. The molecule has 1 amide bonds. The fourth-order valence-corrected chi connectivity index (χ4v) is 4.89. The number of rotatable bonds is 8. The molecule has 6 nitrogen and oxygen atoms in total. The molecule has 5 rings (SSSR count). The van der Waals surface area contributed by atoms with Crippen molar-refractivity contribution in [3.8, 4) is 5.75 Å². The van der Waals surface area contributed by atoms with Gasteiger partial charge >= 0.3 is 0 Å². The van der Waals surface area contributed by atoms with Crippen molar-refractivity contribution in [1.29, 1.82) is 0 Å². The van der Waals surface area contributed by atoms with Gasteiger partial charge in [0.2, 0.25) is 5.90 Å². The van der Waals surface area contributed by atoms with E-state index in [0.717, 1.165) is 22.3 Å². The highest BCUT2D eigenvalue weighted by molar-refractivity contribution is 6.01. The van der Waals surface area contributed by atoms with E-state index in [1.54, 1.807) is 0 Å². The lowest BCUT2D eigenvalue weighted by Gasteiger charge is -2.32. The highest BCUT2D eigenvalue weighted by Crippen LogP contribution is 2.46. The number of benzene rings is 3. The van der Waals surface area contributed by atoms with Crippen molar-refractivity contribution in [3.05, 3.63) is 101 Å². The van der Waals surface area contributed by atoms with Gasteiger partial charge in [-0.15, -0.1) is 0 Å². The van der Waals surface area contributed by atoms with Crippen LogP contribution in [0, 0.1) is 0 Å². The number of nitrogens with zero attached hydrogens (tertiary/aromatic N) is 2. The summed E-state index contributed by atoms with van der Waals surface area (Å²) >= 11 is 0. The quantitative estimate of drug-likeness (QED) is 0.498. The third-order valence-electron chi connectivity index (χ3n) is 6.69. The zero-order valence-electron chi connectivity index (χ0n) is 19.9. The van der Waals surface area contributed by atoms with Gasteiger partial charge in [0.1, 0.15) is 5.75 Å². The second-order valence-electron chi connectivity index (χ2n) is 8.97. The van der Waals surface area contributed by atoms with Crippen LogP contribution in [0.4, 0.5) is 0 Å². The maximum atomic E-state index is 14.1. The van der Waals surface area contributed by atoms with Crippen LogP contribution in [-0.4, -0.2) is 47.1 Å². The molecule has 0 bridgehead atoms. The Kier molecular flexibility index (Phi) is 6.55. The molecule has 35 heavy (non-hydrogen) atoms. The first-order valence-corrected chi connectivity index (χ1v) is 12.2. The number of aliphatic imine (C=N–C) groups is 1. The van der Waals surface area contributed by atoms with E-state index in [4.69, 9.17) is 19.6 Å². The number of likely N-dealkylation sites (N-methyl/N-ethyl adjacent to an activating group) is 1. The van der Waals surface area contributed by atoms with E-state index in [2.05, 4.69) is 12.1 Å². The van der Waals surface area contributed by atoms with Crippen LogP contribution in [0.3, 0.4) is 0 Å². The summed E-state index contributed by atoms with van der Waals surface area (Å²) in [6.07, 6.45) is 0.517. The molecule has 2 atom stereocenters. The van der Waals surface area contributed by atoms with Crippen molar-refractivity contribution in [2.75, 3.05) is 19.8 Å². The molecule has 2 aliphatic heterocycles. The smallest absolute Gasteiger partial charge is 0.255 e.